The molecule has 290 valence electrons. The molecule has 4 aromatic heterocycles. The summed E-state index contributed by atoms with van der Waals surface area (Å²) in [6.07, 6.45) is 6.30. The molecule has 58 heavy (non-hydrogen) atoms. The quantitative estimate of drug-likeness (QED) is 0.172. The van der Waals surface area contributed by atoms with Crippen LogP contribution in [0.15, 0.2) is 140 Å². The molecular weight excluding hydrogens is 892 g/mol. The van der Waals surface area contributed by atoms with Crippen LogP contribution in [0.25, 0.3) is 50.0 Å². The predicted octanol–water partition coefficient (Wildman–Crippen LogP) is 12.6. The molecule has 0 saturated heterocycles. The molecule has 5 aromatic carbocycles. The Bertz CT molecular complexity index is 3100. The first-order valence-corrected chi connectivity index (χ1v) is 21.4. The van der Waals surface area contributed by atoms with E-state index in [0.717, 1.165) is 74.6 Å². The van der Waals surface area contributed by atoms with Gasteiger partial charge in [0.05, 0.1) is 0 Å². The van der Waals surface area contributed by atoms with E-state index in [2.05, 4.69) is 201 Å². The minimum absolute atomic E-state index is 0.113. The van der Waals surface area contributed by atoms with E-state index < -0.39 is 0 Å². The summed E-state index contributed by atoms with van der Waals surface area (Å²) >= 11 is 2.51. The van der Waals surface area contributed by atoms with Crippen molar-refractivity contribution in [2.75, 3.05) is 0 Å². The zero-order valence-electron chi connectivity index (χ0n) is 33.6. The Morgan fingerprint density at radius 1 is 0.621 bits per heavy atom. The molecule has 0 spiro atoms. The van der Waals surface area contributed by atoms with E-state index in [1.807, 2.05) is 6.07 Å². The van der Waals surface area contributed by atoms with E-state index in [-0.39, 0.29) is 5.41 Å². The number of nitrogens with zero attached hydrogens (tertiary/aromatic N) is 4. The number of imidazole rings is 1. The topological polar surface area (TPSA) is 36.4 Å². The van der Waals surface area contributed by atoms with Crippen LogP contribution in [0, 0.1) is 17.7 Å². The van der Waals surface area contributed by atoms with E-state index in [1.165, 1.54) is 55.5 Å². The van der Waals surface area contributed by atoms with E-state index in [9.17, 15) is 0 Å². The monoisotopic (exact) mass is 937 g/mol. The summed E-state index contributed by atoms with van der Waals surface area (Å²) in [5.41, 5.74) is 16.2. The zero-order chi connectivity index (χ0) is 39.7. The fraction of sp³-hybridized carbons (Fsp3) is 0.192. The van der Waals surface area contributed by atoms with Gasteiger partial charge in [-0.1, -0.05) is 36.4 Å². The predicted molar refractivity (Wildman–Crippen MR) is 233 cm³/mol. The summed E-state index contributed by atoms with van der Waals surface area (Å²) in [6.45, 7) is 11.2. The first-order valence-electron chi connectivity index (χ1n) is 20.3. The van der Waals surface area contributed by atoms with Crippen LogP contribution in [-0.2, 0) is 50.5 Å². The van der Waals surface area contributed by atoms with Gasteiger partial charge in [0.15, 0.2) is 0 Å². The molecule has 0 amide bonds. The third-order valence-corrected chi connectivity index (χ3v) is 12.8. The van der Waals surface area contributed by atoms with E-state index in [4.69, 9.17) is 9.72 Å². The van der Waals surface area contributed by atoms with Crippen molar-refractivity contribution in [2.45, 2.75) is 65.7 Å². The van der Waals surface area contributed by atoms with Gasteiger partial charge in [-0.3, -0.25) is 0 Å². The number of pyridine rings is 2. The van der Waals surface area contributed by atoms with Crippen LogP contribution in [-0.4, -0.2) is 18.5 Å². The molecule has 4 aliphatic rings. The van der Waals surface area contributed by atoms with Gasteiger partial charge in [0.25, 0.3) is 0 Å². The van der Waals surface area contributed by atoms with Gasteiger partial charge in [0, 0.05) is 5.69 Å². The van der Waals surface area contributed by atoms with Crippen molar-refractivity contribution < 1.29 is 24.1 Å². The number of benzene rings is 5. The van der Waals surface area contributed by atoms with Crippen LogP contribution in [0.4, 0.5) is 0 Å². The molecule has 4 bridgehead atoms. The molecule has 0 unspecified atom stereocenters. The van der Waals surface area contributed by atoms with Gasteiger partial charge in [0.1, 0.15) is 0 Å². The molecule has 6 heterocycles. The summed E-state index contributed by atoms with van der Waals surface area (Å²) in [5.74, 6) is 2.47. The van der Waals surface area contributed by atoms with Crippen LogP contribution in [0.3, 0.4) is 0 Å². The van der Waals surface area contributed by atoms with Gasteiger partial charge in [-0.2, -0.15) is 0 Å². The number of hydrogen-bond donors (Lipinski definition) is 0. The normalized spacial score (nSPS) is 13.1. The van der Waals surface area contributed by atoms with Crippen LogP contribution in [0.2, 0.25) is 0 Å². The van der Waals surface area contributed by atoms with E-state index in [1.54, 1.807) is 0 Å². The maximum absolute atomic E-state index is 6.74. The SMILES string of the molecule is Cc1cc(C)nc(-n2c3ccc(-c4ccccc4)cc3c3ccc(Oc4cccc(-n5cc6c7ccc(n6[c]5=[Pt])CCc5ccc(c(C(C)(C)C)c5)CC7)c4)cc32)c1. The zero-order valence-corrected chi connectivity index (χ0v) is 35.9. The molecule has 2 aliphatic carbocycles. The van der Waals surface area contributed by atoms with Gasteiger partial charge < -0.3 is 0 Å². The molecule has 0 fully saturated rings. The van der Waals surface area contributed by atoms with Gasteiger partial charge in [-0.15, -0.1) is 0 Å². The third-order valence-electron chi connectivity index (χ3n) is 11.7. The molecule has 5 nitrogen and oxygen atoms in total. The van der Waals surface area contributed by atoms with Crippen molar-refractivity contribution in [2.24, 2.45) is 0 Å². The standard InChI is InChI=1S/C52H46N4O.Pt/c1-34-26-35(2)53-51(27-34)56-48-25-20-40(37-10-7-6-8-11-37)29-46(48)45-24-23-44(31-49(45)56)57-43-13-9-12-42(30-43)54-32-50-39-18-17-38-16-14-36(28-47(38)52(3,4)5)15-21-41(22-19-39)55(50)33-54;/h6-14,16,19-20,22-32H,15,17-18,21H2,1-5H3;. The summed E-state index contributed by atoms with van der Waals surface area (Å²) in [6, 6.07) is 48.4. The summed E-state index contributed by atoms with van der Waals surface area (Å²) in [5, 5.41) is 2.35. The van der Waals surface area contributed by atoms with E-state index in [0.29, 0.717) is 0 Å². The summed E-state index contributed by atoms with van der Waals surface area (Å²) in [4.78, 5) is 5.02. The molecule has 0 atom stereocenters. The number of hydrogen-bond acceptors (Lipinski definition) is 2. The second-order valence-electron chi connectivity index (χ2n) is 16.9. The number of aryl methyl sites for hydroxylation is 6. The van der Waals surface area contributed by atoms with Gasteiger partial charge in [-0.25, -0.2) is 0 Å². The molecule has 2 aliphatic heterocycles. The first kappa shape index (κ1) is 36.6. The minimum atomic E-state index is 0.113. The van der Waals surface area contributed by atoms with Crippen molar-refractivity contribution >= 4 is 27.3 Å². The fourth-order valence-electron chi connectivity index (χ4n) is 8.98. The third kappa shape index (κ3) is 6.56. The summed E-state index contributed by atoms with van der Waals surface area (Å²) in [7, 11) is 0. The van der Waals surface area contributed by atoms with Crippen LogP contribution >= 0.6 is 0 Å². The first-order chi connectivity index (χ1) is 28.1. The second kappa shape index (κ2) is 14.3. The van der Waals surface area contributed by atoms with Crippen LogP contribution in [0.5, 0.6) is 11.5 Å². The molecule has 0 radical (unpaired) electrons. The summed E-state index contributed by atoms with van der Waals surface area (Å²) < 4.78 is 15.0. The number of fused-ring (bicyclic) bond motifs is 3. The van der Waals surface area contributed by atoms with Crippen molar-refractivity contribution in [1.82, 2.24) is 18.5 Å². The Kier molecular flexibility index (Phi) is 8.98. The molecule has 0 N–H and O–H groups in total. The Labute approximate surface area is 350 Å². The number of ether oxygens (including phenoxy) is 1. The molecule has 0 saturated carbocycles. The maximum atomic E-state index is 6.74. The fourth-order valence-corrected chi connectivity index (χ4v) is 10.0. The Hall–Kier alpha value is -5.77. The van der Waals surface area contributed by atoms with E-state index >= 15 is 0 Å². The number of aromatic nitrogens is 4. The van der Waals surface area contributed by atoms with Crippen LogP contribution in [0.1, 0.15) is 60.0 Å². The Morgan fingerprint density at radius 3 is 2.26 bits per heavy atom. The van der Waals surface area contributed by atoms with Crippen molar-refractivity contribution in [3.05, 3.63) is 183 Å². The second-order valence-corrected chi connectivity index (χ2v) is 17.9. The van der Waals surface area contributed by atoms with Crippen molar-refractivity contribution in [1.29, 1.82) is 0 Å². The van der Waals surface area contributed by atoms with Crippen molar-refractivity contribution in [3.8, 4) is 34.1 Å². The Balaban J connectivity index is 1.03. The van der Waals surface area contributed by atoms with Gasteiger partial charge >= 0.3 is 274 Å². The molecule has 9 aromatic rings. The average molecular weight is 938 g/mol. The van der Waals surface area contributed by atoms with Gasteiger partial charge in [-0.05, 0) is 36.6 Å². The average Bonchev–Trinajstić information content (AvgIpc) is 3.73. The van der Waals surface area contributed by atoms with Crippen molar-refractivity contribution in [3.63, 3.8) is 0 Å². The van der Waals surface area contributed by atoms with Crippen LogP contribution < -0.4 is 4.74 Å². The molecule has 6 heteroatoms. The molecular formula is C52H46N4OPt. The Morgan fingerprint density at radius 2 is 1.43 bits per heavy atom. The number of rotatable bonds is 5. The molecule has 13 rings (SSSR count). The van der Waals surface area contributed by atoms with Gasteiger partial charge in [0.2, 0.25) is 0 Å².